The molecular weight excluding hydrogens is 335 g/mol. The summed E-state index contributed by atoms with van der Waals surface area (Å²) in [6, 6.07) is 11.6. The van der Waals surface area contributed by atoms with Crippen molar-refractivity contribution < 1.29 is 9.18 Å². The highest BCUT2D eigenvalue weighted by molar-refractivity contribution is 7.10. The van der Waals surface area contributed by atoms with Crippen LogP contribution in [0.2, 0.25) is 0 Å². The van der Waals surface area contributed by atoms with Gasteiger partial charge in [0.15, 0.2) is 0 Å². The molecule has 25 heavy (non-hydrogen) atoms. The van der Waals surface area contributed by atoms with E-state index in [0.29, 0.717) is 19.1 Å². The lowest BCUT2D eigenvalue weighted by Gasteiger charge is -2.28. The van der Waals surface area contributed by atoms with E-state index >= 15 is 0 Å². The smallest absolute Gasteiger partial charge is 0.237 e. The summed E-state index contributed by atoms with van der Waals surface area (Å²) in [6.07, 6.45) is 4.45. The SMILES string of the molecule is O=C(CN(Cc1ccc(F)cc1)C1CC1)N1CCCC1c1cccs1. The van der Waals surface area contributed by atoms with Crippen LogP contribution < -0.4 is 0 Å². The molecule has 0 radical (unpaired) electrons. The Kier molecular flexibility index (Phi) is 4.86. The Morgan fingerprint density at radius 1 is 1.20 bits per heavy atom. The van der Waals surface area contributed by atoms with Crippen molar-refractivity contribution in [2.75, 3.05) is 13.1 Å². The van der Waals surface area contributed by atoms with Crippen LogP contribution in [0.25, 0.3) is 0 Å². The second-order valence-corrected chi connectivity index (χ2v) is 8.00. The quantitative estimate of drug-likeness (QED) is 0.772. The Morgan fingerprint density at radius 3 is 2.68 bits per heavy atom. The fourth-order valence-corrected chi connectivity index (χ4v) is 4.56. The molecule has 132 valence electrons. The lowest BCUT2D eigenvalue weighted by molar-refractivity contribution is -0.133. The van der Waals surface area contributed by atoms with Crippen molar-refractivity contribution >= 4 is 17.2 Å². The molecular formula is C20H23FN2OS. The van der Waals surface area contributed by atoms with E-state index in [9.17, 15) is 9.18 Å². The summed E-state index contributed by atoms with van der Waals surface area (Å²) in [4.78, 5) is 18.6. The number of nitrogens with zero attached hydrogens (tertiary/aromatic N) is 2. The number of benzene rings is 1. The predicted molar refractivity (Wildman–Crippen MR) is 97.8 cm³/mol. The Morgan fingerprint density at radius 2 is 2.00 bits per heavy atom. The zero-order valence-electron chi connectivity index (χ0n) is 14.2. The number of rotatable bonds is 6. The molecule has 1 saturated carbocycles. The van der Waals surface area contributed by atoms with Crippen molar-refractivity contribution in [1.29, 1.82) is 0 Å². The van der Waals surface area contributed by atoms with Crippen molar-refractivity contribution in [3.05, 3.63) is 58.0 Å². The molecule has 2 fully saturated rings. The minimum atomic E-state index is -0.214. The third-order valence-electron chi connectivity index (χ3n) is 5.15. The van der Waals surface area contributed by atoms with E-state index in [4.69, 9.17) is 0 Å². The maximum absolute atomic E-state index is 13.1. The van der Waals surface area contributed by atoms with Gasteiger partial charge in [-0.3, -0.25) is 9.69 Å². The van der Waals surface area contributed by atoms with Crippen LogP contribution in [0.1, 0.15) is 42.2 Å². The fourth-order valence-electron chi connectivity index (χ4n) is 3.68. The Hall–Kier alpha value is -1.72. The highest BCUT2D eigenvalue weighted by atomic mass is 32.1. The van der Waals surface area contributed by atoms with Crippen molar-refractivity contribution in [2.45, 2.75) is 44.3 Å². The van der Waals surface area contributed by atoms with Crippen molar-refractivity contribution in [3.8, 4) is 0 Å². The standard InChI is InChI=1S/C20H23FN2OS/c21-16-7-5-15(6-8-16)13-22(17-9-10-17)14-20(24)23-11-1-3-18(23)19-4-2-12-25-19/h2,4-8,12,17-18H,1,3,9-11,13-14H2. The molecule has 0 spiro atoms. The summed E-state index contributed by atoms with van der Waals surface area (Å²) in [7, 11) is 0. The Balaban J connectivity index is 1.43. The van der Waals surface area contributed by atoms with E-state index in [2.05, 4.69) is 27.3 Å². The van der Waals surface area contributed by atoms with Gasteiger partial charge in [0.05, 0.1) is 12.6 Å². The number of hydrogen-bond donors (Lipinski definition) is 0. The third-order valence-corrected chi connectivity index (χ3v) is 6.12. The van der Waals surface area contributed by atoms with E-state index in [1.54, 1.807) is 11.3 Å². The van der Waals surface area contributed by atoms with Crippen molar-refractivity contribution in [1.82, 2.24) is 9.80 Å². The molecule has 1 saturated heterocycles. The molecule has 1 unspecified atom stereocenters. The van der Waals surface area contributed by atoms with E-state index in [1.807, 2.05) is 12.1 Å². The Bertz CT molecular complexity index is 712. The van der Waals surface area contributed by atoms with Crippen LogP contribution in [0, 0.1) is 5.82 Å². The zero-order chi connectivity index (χ0) is 17.2. The second kappa shape index (κ2) is 7.26. The van der Waals surface area contributed by atoms with Crippen LogP contribution in [0.4, 0.5) is 4.39 Å². The van der Waals surface area contributed by atoms with Crippen LogP contribution in [0.3, 0.4) is 0 Å². The average molecular weight is 358 g/mol. The number of amides is 1. The van der Waals surface area contributed by atoms with Gasteiger partial charge in [-0.15, -0.1) is 11.3 Å². The molecule has 1 atom stereocenters. The first-order chi connectivity index (χ1) is 12.2. The third kappa shape index (κ3) is 3.93. The lowest BCUT2D eigenvalue weighted by atomic mass is 10.2. The fraction of sp³-hybridized carbons (Fsp3) is 0.450. The number of carbonyl (C=O) groups is 1. The summed E-state index contributed by atoms with van der Waals surface area (Å²) in [6.45, 7) is 2.04. The summed E-state index contributed by atoms with van der Waals surface area (Å²) in [5, 5.41) is 2.08. The van der Waals surface area contributed by atoms with Gasteiger partial charge in [0.2, 0.25) is 5.91 Å². The maximum Gasteiger partial charge on any atom is 0.237 e. The first-order valence-electron chi connectivity index (χ1n) is 9.02. The highest BCUT2D eigenvalue weighted by Gasteiger charge is 2.35. The van der Waals surface area contributed by atoms with Crippen LogP contribution >= 0.6 is 11.3 Å². The molecule has 2 aliphatic rings. The van der Waals surface area contributed by atoms with Gasteiger partial charge in [0.1, 0.15) is 5.82 Å². The molecule has 1 amide bonds. The summed E-state index contributed by atoms with van der Waals surface area (Å²) in [5.41, 5.74) is 1.07. The van der Waals surface area contributed by atoms with Crippen LogP contribution in [0.5, 0.6) is 0 Å². The highest BCUT2D eigenvalue weighted by Crippen LogP contribution is 2.35. The van der Waals surface area contributed by atoms with Crippen LogP contribution in [0.15, 0.2) is 41.8 Å². The van der Waals surface area contributed by atoms with Gasteiger partial charge >= 0.3 is 0 Å². The first-order valence-corrected chi connectivity index (χ1v) is 9.90. The van der Waals surface area contributed by atoms with E-state index in [1.165, 1.54) is 17.0 Å². The van der Waals surface area contributed by atoms with Crippen LogP contribution in [-0.2, 0) is 11.3 Å². The van der Waals surface area contributed by atoms with Gasteiger partial charge in [-0.05, 0) is 54.8 Å². The van der Waals surface area contributed by atoms with Gasteiger partial charge < -0.3 is 4.90 Å². The monoisotopic (exact) mass is 358 g/mol. The van der Waals surface area contributed by atoms with Gasteiger partial charge in [-0.1, -0.05) is 18.2 Å². The van der Waals surface area contributed by atoms with Gasteiger partial charge in [0.25, 0.3) is 0 Å². The molecule has 0 bridgehead atoms. The van der Waals surface area contributed by atoms with E-state index < -0.39 is 0 Å². The molecule has 0 N–H and O–H groups in total. The van der Waals surface area contributed by atoms with Gasteiger partial charge in [-0.2, -0.15) is 0 Å². The molecule has 3 nitrogen and oxygen atoms in total. The molecule has 4 rings (SSSR count). The number of likely N-dealkylation sites (tertiary alicyclic amines) is 1. The summed E-state index contributed by atoms with van der Waals surface area (Å²) < 4.78 is 13.1. The number of halogens is 1. The zero-order valence-corrected chi connectivity index (χ0v) is 15.1. The molecule has 2 aromatic rings. The second-order valence-electron chi connectivity index (χ2n) is 7.02. The topological polar surface area (TPSA) is 23.6 Å². The molecule has 1 aliphatic carbocycles. The average Bonchev–Trinajstić information content (AvgIpc) is 3.10. The van der Waals surface area contributed by atoms with E-state index in [-0.39, 0.29) is 17.8 Å². The first kappa shape index (κ1) is 16.7. The molecule has 1 aromatic heterocycles. The number of carbonyl (C=O) groups excluding carboxylic acids is 1. The normalized spacial score (nSPS) is 20.4. The predicted octanol–water partition coefficient (Wildman–Crippen LogP) is 4.22. The van der Waals surface area contributed by atoms with Crippen molar-refractivity contribution in [3.63, 3.8) is 0 Å². The largest absolute Gasteiger partial charge is 0.334 e. The maximum atomic E-state index is 13.1. The van der Waals surface area contributed by atoms with Gasteiger partial charge in [0, 0.05) is 24.0 Å². The van der Waals surface area contributed by atoms with Gasteiger partial charge in [-0.25, -0.2) is 4.39 Å². The molecule has 1 aromatic carbocycles. The lowest BCUT2D eigenvalue weighted by Crippen LogP contribution is -2.40. The number of hydrogen-bond acceptors (Lipinski definition) is 3. The number of thiophene rings is 1. The minimum Gasteiger partial charge on any atom is -0.334 e. The molecule has 5 heteroatoms. The minimum absolute atomic E-state index is 0.214. The van der Waals surface area contributed by atoms with Crippen molar-refractivity contribution in [2.24, 2.45) is 0 Å². The Labute approximate surface area is 152 Å². The molecule has 2 heterocycles. The summed E-state index contributed by atoms with van der Waals surface area (Å²) in [5.74, 6) is 0.0126. The van der Waals surface area contributed by atoms with E-state index in [0.717, 1.165) is 37.8 Å². The molecule has 1 aliphatic heterocycles. The summed E-state index contributed by atoms with van der Waals surface area (Å²) >= 11 is 1.74. The van der Waals surface area contributed by atoms with Crippen LogP contribution in [-0.4, -0.2) is 34.8 Å².